The Balaban J connectivity index is 2.39. The van der Waals surface area contributed by atoms with Crippen molar-refractivity contribution in [1.29, 1.82) is 0 Å². The summed E-state index contributed by atoms with van der Waals surface area (Å²) in [7, 11) is 0. The van der Waals surface area contributed by atoms with Gasteiger partial charge in [-0.2, -0.15) is 0 Å². The molecule has 0 unspecified atom stereocenters. The maximum atomic E-state index is 11.6. The molecule has 0 radical (unpaired) electrons. The van der Waals surface area contributed by atoms with E-state index in [0.717, 1.165) is 22.6 Å². The molecule has 0 atom stereocenters. The molecule has 7 heteroatoms. The molecule has 0 fully saturated rings. The molecule has 3 aromatic rings. The van der Waals surface area contributed by atoms with E-state index in [1.165, 1.54) is 11.3 Å². The molecular formula is C15H12Cl2N2O2S. The minimum absolute atomic E-state index is 0.187. The van der Waals surface area contributed by atoms with Gasteiger partial charge < -0.3 is 5.11 Å². The van der Waals surface area contributed by atoms with E-state index in [-0.39, 0.29) is 5.69 Å². The number of fused-ring (bicyclic) bond motifs is 1. The van der Waals surface area contributed by atoms with Crippen molar-refractivity contribution in [2.75, 3.05) is 0 Å². The molecule has 0 aliphatic carbocycles. The number of aromatic carboxylic acids is 1. The van der Waals surface area contributed by atoms with Crippen molar-refractivity contribution in [3.8, 4) is 11.3 Å². The van der Waals surface area contributed by atoms with Crippen molar-refractivity contribution in [3.63, 3.8) is 0 Å². The third kappa shape index (κ3) is 2.29. The first kappa shape index (κ1) is 15.3. The minimum Gasteiger partial charge on any atom is -0.477 e. The SMILES string of the molecule is CCc1sc2nc(C)c(C(=O)O)n2c1-c1ccc(Cl)c(Cl)c1. The fraction of sp³-hybridized carbons (Fsp3) is 0.200. The molecular weight excluding hydrogens is 343 g/mol. The van der Waals surface area contributed by atoms with Gasteiger partial charge in [-0.1, -0.05) is 36.2 Å². The summed E-state index contributed by atoms with van der Waals surface area (Å²) in [5.41, 5.74) is 2.34. The van der Waals surface area contributed by atoms with Crippen molar-refractivity contribution in [2.24, 2.45) is 0 Å². The molecule has 2 heterocycles. The number of rotatable bonds is 3. The molecule has 0 saturated heterocycles. The van der Waals surface area contributed by atoms with Gasteiger partial charge in [0.1, 0.15) is 0 Å². The lowest BCUT2D eigenvalue weighted by molar-refractivity contribution is 0.0688. The van der Waals surface area contributed by atoms with E-state index in [4.69, 9.17) is 23.2 Å². The molecule has 0 amide bonds. The van der Waals surface area contributed by atoms with Gasteiger partial charge in [-0.25, -0.2) is 9.78 Å². The first-order valence-corrected chi connectivity index (χ1v) is 8.20. The first-order chi connectivity index (χ1) is 10.4. The van der Waals surface area contributed by atoms with Gasteiger partial charge in [0.2, 0.25) is 0 Å². The van der Waals surface area contributed by atoms with Crippen LogP contribution >= 0.6 is 34.5 Å². The standard InChI is InChI=1S/C15H12Cl2N2O2S/c1-3-11-13(8-4-5-9(16)10(17)6-8)19-12(14(20)21)7(2)18-15(19)22-11/h4-6H,3H2,1-2H3,(H,20,21). The maximum Gasteiger partial charge on any atom is 0.354 e. The molecule has 22 heavy (non-hydrogen) atoms. The molecule has 0 saturated carbocycles. The third-order valence-corrected chi connectivity index (χ3v) is 5.36. The Kier molecular flexibility index (Phi) is 3.89. The predicted molar refractivity (Wildman–Crippen MR) is 89.6 cm³/mol. The van der Waals surface area contributed by atoms with Crippen LogP contribution in [-0.2, 0) is 6.42 Å². The van der Waals surface area contributed by atoms with Gasteiger partial charge in [0.15, 0.2) is 10.7 Å². The van der Waals surface area contributed by atoms with Crippen LogP contribution in [0.3, 0.4) is 0 Å². The number of aromatic nitrogens is 2. The highest BCUT2D eigenvalue weighted by atomic mass is 35.5. The number of carbonyl (C=O) groups is 1. The summed E-state index contributed by atoms with van der Waals surface area (Å²) >= 11 is 13.6. The number of nitrogens with zero attached hydrogens (tertiary/aromatic N) is 2. The Hall–Kier alpha value is -1.56. The van der Waals surface area contributed by atoms with E-state index >= 15 is 0 Å². The zero-order chi connectivity index (χ0) is 16.0. The van der Waals surface area contributed by atoms with Crippen molar-refractivity contribution >= 4 is 45.5 Å². The van der Waals surface area contributed by atoms with E-state index in [2.05, 4.69) is 4.98 Å². The van der Waals surface area contributed by atoms with E-state index in [1.54, 1.807) is 23.5 Å². The lowest BCUT2D eigenvalue weighted by atomic mass is 10.1. The highest BCUT2D eigenvalue weighted by Gasteiger charge is 2.23. The number of halogens is 2. The van der Waals surface area contributed by atoms with Gasteiger partial charge in [0, 0.05) is 10.4 Å². The Morgan fingerprint density at radius 2 is 2.09 bits per heavy atom. The molecule has 114 valence electrons. The number of carboxylic acid groups (broad SMARTS) is 1. The minimum atomic E-state index is -0.994. The molecule has 2 aromatic heterocycles. The quantitative estimate of drug-likeness (QED) is 0.724. The van der Waals surface area contributed by atoms with Crippen LogP contribution in [0, 0.1) is 6.92 Å². The van der Waals surface area contributed by atoms with Gasteiger partial charge in [-0.15, -0.1) is 11.3 Å². The second-order valence-corrected chi connectivity index (χ2v) is 6.70. The zero-order valence-electron chi connectivity index (χ0n) is 11.9. The summed E-state index contributed by atoms with van der Waals surface area (Å²) in [6.45, 7) is 3.73. The van der Waals surface area contributed by atoms with Crippen LogP contribution in [0.25, 0.3) is 16.2 Å². The maximum absolute atomic E-state index is 11.6. The molecule has 0 spiro atoms. The van der Waals surface area contributed by atoms with E-state index in [0.29, 0.717) is 20.7 Å². The summed E-state index contributed by atoms with van der Waals surface area (Å²) in [4.78, 5) is 17.7. The highest BCUT2D eigenvalue weighted by Crippen LogP contribution is 2.36. The molecule has 1 aromatic carbocycles. The average Bonchev–Trinajstić information content (AvgIpc) is 2.95. The van der Waals surface area contributed by atoms with Crippen LogP contribution in [0.2, 0.25) is 10.0 Å². The normalized spacial score (nSPS) is 11.3. The Labute approximate surface area is 140 Å². The fourth-order valence-corrected chi connectivity index (χ4v) is 3.91. The van der Waals surface area contributed by atoms with Crippen molar-refractivity contribution in [3.05, 3.63) is 44.5 Å². The van der Waals surface area contributed by atoms with Gasteiger partial charge >= 0.3 is 5.97 Å². The number of hydrogen-bond acceptors (Lipinski definition) is 3. The fourth-order valence-electron chi connectivity index (χ4n) is 2.49. The van der Waals surface area contributed by atoms with Gasteiger partial charge in [0.05, 0.1) is 21.4 Å². The second-order valence-electron chi connectivity index (χ2n) is 4.83. The lowest BCUT2D eigenvalue weighted by Gasteiger charge is -2.07. The largest absolute Gasteiger partial charge is 0.477 e. The van der Waals surface area contributed by atoms with Crippen LogP contribution in [0.15, 0.2) is 18.2 Å². The summed E-state index contributed by atoms with van der Waals surface area (Å²) < 4.78 is 1.70. The topological polar surface area (TPSA) is 54.6 Å². The summed E-state index contributed by atoms with van der Waals surface area (Å²) in [6.07, 6.45) is 0.779. The third-order valence-electron chi connectivity index (χ3n) is 3.44. The smallest absolute Gasteiger partial charge is 0.354 e. The first-order valence-electron chi connectivity index (χ1n) is 6.63. The number of benzene rings is 1. The Morgan fingerprint density at radius 1 is 1.36 bits per heavy atom. The molecule has 1 N–H and O–H groups in total. The van der Waals surface area contributed by atoms with Gasteiger partial charge in [-0.3, -0.25) is 4.40 Å². The molecule has 4 nitrogen and oxygen atoms in total. The summed E-state index contributed by atoms with van der Waals surface area (Å²) in [6, 6.07) is 5.31. The van der Waals surface area contributed by atoms with E-state index in [1.807, 2.05) is 13.0 Å². The predicted octanol–water partition coefficient (Wildman–Crippen LogP) is 4.94. The van der Waals surface area contributed by atoms with Gasteiger partial charge in [-0.05, 0) is 25.5 Å². The van der Waals surface area contributed by atoms with E-state index in [9.17, 15) is 9.90 Å². The molecule has 0 aliphatic heterocycles. The summed E-state index contributed by atoms with van der Waals surface area (Å²) in [5, 5.41) is 10.4. The highest BCUT2D eigenvalue weighted by molar-refractivity contribution is 7.17. The van der Waals surface area contributed by atoms with Crippen LogP contribution in [0.1, 0.15) is 28.0 Å². The average molecular weight is 355 g/mol. The van der Waals surface area contributed by atoms with Gasteiger partial charge in [0.25, 0.3) is 0 Å². The Bertz CT molecular complexity index is 899. The number of imidazole rings is 1. The van der Waals surface area contributed by atoms with Crippen LogP contribution in [-0.4, -0.2) is 20.5 Å². The van der Waals surface area contributed by atoms with Crippen LogP contribution in [0.5, 0.6) is 0 Å². The van der Waals surface area contributed by atoms with E-state index < -0.39 is 5.97 Å². The number of carboxylic acids is 1. The second kappa shape index (κ2) is 5.57. The Morgan fingerprint density at radius 3 is 2.68 bits per heavy atom. The monoisotopic (exact) mass is 354 g/mol. The van der Waals surface area contributed by atoms with Crippen molar-refractivity contribution < 1.29 is 9.90 Å². The number of thiazole rings is 1. The van der Waals surface area contributed by atoms with Crippen LogP contribution in [0.4, 0.5) is 0 Å². The summed E-state index contributed by atoms with van der Waals surface area (Å²) in [5.74, 6) is -0.994. The molecule has 0 aliphatic rings. The molecule has 3 rings (SSSR count). The number of hydrogen-bond donors (Lipinski definition) is 1. The molecule has 0 bridgehead atoms. The number of aryl methyl sites for hydroxylation is 2. The van der Waals surface area contributed by atoms with Crippen molar-refractivity contribution in [1.82, 2.24) is 9.38 Å². The lowest BCUT2D eigenvalue weighted by Crippen LogP contribution is -2.05. The van der Waals surface area contributed by atoms with Crippen molar-refractivity contribution in [2.45, 2.75) is 20.3 Å². The van der Waals surface area contributed by atoms with Crippen LogP contribution < -0.4 is 0 Å². The zero-order valence-corrected chi connectivity index (χ0v) is 14.2.